The number of alkyl halides is 1. The van der Waals surface area contributed by atoms with Crippen molar-refractivity contribution in [2.45, 2.75) is 5.38 Å². The normalized spacial score (nSPS) is 12.3. The number of rotatable bonds is 2. The van der Waals surface area contributed by atoms with E-state index in [0.717, 1.165) is 0 Å². The van der Waals surface area contributed by atoms with Crippen LogP contribution in [0.25, 0.3) is 0 Å². The van der Waals surface area contributed by atoms with Gasteiger partial charge in [-0.05, 0) is 17.7 Å². The molecule has 1 atom stereocenters. The van der Waals surface area contributed by atoms with Gasteiger partial charge in [-0.2, -0.15) is 0 Å². The van der Waals surface area contributed by atoms with Crippen LogP contribution in [0.5, 0.6) is 0 Å². The molecule has 0 aromatic heterocycles. The van der Waals surface area contributed by atoms with E-state index in [9.17, 15) is 4.79 Å². The predicted octanol–water partition coefficient (Wildman–Crippen LogP) is 3.45. The monoisotopic (exact) mass is 252 g/mol. The number of hydrogen-bond donors (Lipinski definition) is 0. The third-order valence-corrected chi connectivity index (χ3v) is 2.62. The van der Waals surface area contributed by atoms with Crippen molar-refractivity contribution in [2.75, 3.05) is 7.11 Å². The van der Waals surface area contributed by atoms with Gasteiger partial charge in [-0.1, -0.05) is 29.3 Å². The minimum Gasteiger partial charge on any atom is -0.468 e. The highest BCUT2D eigenvalue weighted by atomic mass is 35.5. The number of halogens is 3. The van der Waals surface area contributed by atoms with Crippen molar-refractivity contribution in [3.05, 3.63) is 33.8 Å². The van der Waals surface area contributed by atoms with Crippen molar-refractivity contribution in [2.24, 2.45) is 0 Å². The molecule has 1 unspecified atom stereocenters. The van der Waals surface area contributed by atoms with E-state index in [0.29, 0.717) is 15.6 Å². The molecule has 0 amide bonds. The Morgan fingerprint density at radius 3 is 2.57 bits per heavy atom. The van der Waals surface area contributed by atoms with Gasteiger partial charge >= 0.3 is 5.97 Å². The van der Waals surface area contributed by atoms with Crippen LogP contribution in [-0.4, -0.2) is 13.1 Å². The Kier molecular flexibility index (Phi) is 4.05. The Morgan fingerprint density at radius 1 is 1.43 bits per heavy atom. The van der Waals surface area contributed by atoms with Crippen molar-refractivity contribution in [3.8, 4) is 0 Å². The van der Waals surface area contributed by atoms with Crippen LogP contribution in [0.2, 0.25) is 10.0 Å². The maximum absolute atomic E-state index is 11.1. The smallest absolute Gasteiger partial charge is 0.328 e. The lowest BCUT2D eigenvalue weighted by Crippen LogP contribution is -2.08. The van der Waals surface area contributed by atoms with Crippen LogP contribution < -0.4 is 0 Å². The zero-order valence-electron chi connectivity index (χ0n) is 7.26. The molecule has 0 aliphatic rings. The van der Waals surface area contributed by atoms with Gasteiger partial charge in [-0.15, -0.1) is 11.6 Å². The van der Waals surface area contributed by atoms with Crippen molar-refractivity contribution in [1.82, 2.24) is 0 Å². The summed E-state index contributed by atoms with van der Waals surface area (Å²) in [6.45, 7) is 0. The first kappa shape index (κ1) is 11.6. The highest BCUT2D eigenvalue weighted by Crippen LogP contribution is 2.30. The summed E-state index contributed by atoms with van der Waals surface area (Å²) in [4.78, 5) is 11.1. The fourth-order valence-corrected chi connectivity index (χ4v) is 1.79. The number of esters is 1. The van der Waals surface area contributed by atoms with Gasteiger partial charge in [0.15, 0.2) is 5.38 Å². The molecule has 0 saturated heterocycles. The van der Waals surface area contributed by atoms with Crippen LogP contribution in [0, 0.1) is 0 Å². The van der Waals surface area contributed by atoms with Gasteiger partial charge < -0.3 is 4.74 Å². The van der Waals surface area contributed by atoms with Crippen LogP contribution >= 0.6 is 34.8 Å². The van der Waals surface area contributed by atoms with E-state index >= 15 is 0 Å². The molecule has 0 fully saturated rings. The highest BCUT2D eigenvalue weighted by Gasteiger charge is 2.20. The van der Waals surface area contributed by atoms with E-state index < -0.39 is 11.3 Å². The molecule has 0 aliphatic heterocycles. The number of carbonyl (C=O) groups excluding carboxylic acids is 1. The summed E-state index contributed by atoms with van der Waals surface area (Å²) in [5.74, 6) is -0.545. The Labute approximate surface area is 96.7 Å². The summed E-state index contributed by atoms with van der Waals surface area (Å²) >= 11 is 17.4. The van der Waals surface area contributed by atoms with Crippen LogP contribution in [0.1, 0.15) is 10.9 Å². The Hall–Kier alpha value is -0.440. The van der Waals surface area contributed by atoms with Gasteiger partial charge in [0.25, 0.3) is 0 Å². The lowest BCUT2D eigenvalue weighted by atomic mass is 10.1. The molecular weight excluding hydrogens is 246 g/mol. The average molecular weight is 254 g/mol. The van der Waals surface area contributed by atoms with E-state index in [-0.39, 0.29) is 0 Å². The van der Waals surface area contributed by atoms with Crippen molar-refractivity contribution in [3.63, 3.8) is 0 Å². The molecule has 0 N–H and O–H groups in total. The van der Waals surface area contributed by atoms with Crippen molar-refractivity contribution < 1.29 is 9.53 Å². The van der Waals surface area contributed by atoms with Crippen LogP contribution in [0.15, 0.2) is 18.2 Å². The maximum atomic E-state index is 11.1. The molecule has 0 saturated carbocycles. The van der Waals surface area contributed by atoms with Crippen LogP contribution in [0.3, 0.4) is 0 Å². The van der Waals surface area contributed by atoms with Gasteiger partial charge in [0.05, 0.1) is 7.11 Å². The molecule has 0 spiro atoms. The molecule has 2 nitrogen and oxygen atoms in total. The van der Waals surface area contributed by atoms with E-state index in [4.69, 9.17) is 34.8 Å². The van der Waals surface area contributed by atoms with Gasteiger partial charge in [-0.25, -0.2) is 0 Å². The van der Waals surface area contributed by atoms with Gasteiger partial charge in [-0.3, -0.25) is 4.79 Å². The SMILES string of the molecule is COC(=O)C(Cl)c1ccc(Cl)cc1Cl. The van der Waals surface area contributed by atoms with Crippen molar-refractivity contribution in [1.29, 1.82) is 0 Å². The third kappa shape index (κ3) is 2.53. The van der Waals surface area contributed by atoms with Crippen molar-refractivity contribution >= 4 is 40.8 Å². The fourth-order valence-electron chi connectivity index (χ4n) is 0.937. The molecular formula is C9H7Cl3O2. The second-order valence-corrected chi connectivity index (χ2v) is 3.83. The number of benzene rings is 1. The molecule has 0 bridgehead atoms. The largest absolute Gasteiger partial charge is 0.468 e. The van der Waals surface area contributed by atoms with E-state index in [1.54, 1.807) is 12.1 Å². The fraction of sp³-hybridized carbons (Fsp3) is 0.222. The van der Waals surface area contributed by atoms with E-state index in [1.165, 1.54) is 13.2 Å². The van der Waals surface area contributed by atoms with Gasteiger partial charge in [0.2, 0.25) is 0 Å². The maximum Gasteiger partial charge on any atom is 0.328 e. The first-order valence-electron chi connectivity index (χ1n) is 3.73. The summed E-state index contributed by atoms with van der Waals surface area (Å²) in [6, 6.07) is 4.73. The summed E-state index contributed by atoms with van der Waals surface area (Å²) in [7, 11) is 1.27. The third-order valence-electron chi connectivity index (χ3n) is 1.64. The quantitative estimate of drug-likeness (QED) is 0.596. The van der Waals surface area contributed by atoms with Crippen LogP contribution in [-0.2, 0) is 9.53 Å². The van der Waals surface area contributed by atoms with Gasteiger partial charge in [0.1, 0.15) is 0 Å². The molecule has 76 valence electrons. The molecule has 5 heteroatoms. The predicted molar refractivity (Wildman–Crippen MR) is 57.1 cm³/mol. The first-order valence-corrected chi connectivity index (χ1v) is 4.92. The summed E-state index contributed by atoms with van der Waals surface area (Å²) in [5, 5.41) is -0.0554. The highest BCUT2D eigenvalue weighted by molar-refractivity contribution is 6.37. The molecule has 14 heavy (non-hydrogen) atoms. The molecule has 0 aliphatic carbocycles. The Bertz CT molecular complexity index is 352. The molecule has 1 aromatic carbocycles. The lowest BCUT2D eigenvalue weighted by molar-refractivity contribution is -0.140. The lowest BCUT2D eigenvalue weighted by Gasteiger charge is -2.09. The number of ether oxygens (including phenoxy) is 1. The zero-order valence-corrected chi connectivity index (χ0v) is 9.53. The Balaban J connectivity index is 3.01. The second-order valence-electron chi connectivity index (χ2n) is 2.55. The summed E-state index contributed by atoms with van der Waals surface area (Å²) in [5.41, 5.74) is 0.490. The van der Waals surface area contributed by atoms with Gasteiger partial charge in [0, 0.05) is 10.0 Å². The molecule has 0 radical (unpaired) electrons. The molecule has 1 rings (SSSR count). The number of carbonyl (C=O) groups is 1. The standard InChI is InChI=1S/C9H7Cl3O2/c1-14-9(13)8(12)6-3-2-5(10)4-7(6)11/h2-4,8H,1H3. The minimum atomic E-state index is -0.898. The van der Waals surface area contributed by atoms with E-state index in [1.807, 2.05) is 0 Å². The second kappa shape index (κ2) is 4.87. The van der Waals surface area contributed by atoms with E-state index in [2.05, 4.69) is 4.74 Å². The molecule has 0 heterocycles. The zero-order chi connectivity index (χ0) is 10.7. The first-order chi connectivity index (χ1) is 6.56. The number of methoxy groups -OCH3 is 1. The Morgan fingerprint density at radius 2 is 2.07 bits per heavy atom. The minimum absolute atomic E-state index is 0.350. The molecule has 1 aromatic rings. The van der Waals surface area contributed by atoms with Crippen LogP contribution in [0.4, 0.5) is 0 Å². The summed E-state index contributed by atoms with van der Waals surface area (Å²) < 4.78 is 4.49. The number of hydrogen-bond acceptors (Lipinski definition) is 2. The average Bonchev–Trinajstić information content (AvgIpc) is 2.15. The summed E-state index contributed by atoms with van der Waals surface area (Å²) in [6.07, 6.45) is 0. The topological polar surface area (TPSA) is 26.3 Å².